The number of para-hydroxylation sites is 1. The van der Waals surface area contributed by atoms with Crippen molar-refractivity contribution in [3.05, 3.63) is 30.3 Å². The highest BCUT2D eigenvalue weighted by atomic mass is 15.1. The lowest BCUT2D eigenvalue weighted by molar-refractivity contribution is 0.188. The van der Waals surface area contributed by atoms with E-state index in [0.717, 1.165) is 6.54 Å². The molecule has 2 rings (SSSR count). The van der Waals surface area contributed by atoms with E-state index < -0.39 is 0 Å². The van der Waals surface area contributed by atoms with E-state index in [2.05, 4.69) is 54.4 Å². The van der Waals surface area contributed by atoms with Gasteiger partial charge in [0.05, 0.1) is 0 Å². The van der Waals surface area contributed by atoms with Gasteiger partial charge in [0.2, 0.25) is 0 Å². The van der Waals surface area contributed by atoms with Crippen LogP contribution in [0.15, 0.2) is 30.3 Å². The van der Waals surface area contributed by atoms with Crippen molar-refractivity contribution in [2.75, 3.05) is 31.1 Å². The first kappa shape index (κ1) is 14.4. The Labute approximate surface area is 118 Å². The lowest BCUT2D eigenvalue weighted by atomic mass is 9.75. The molecule has 1 aromatic rings. The number of piperidine rings is 1. The Bertz CT molecular complexity index is 349. The van der Waals surface area contributed by atoms with Gasteiger partial charge in [-0.2, -0.15) is 0 Å². The SMILES string of the molecule is CCCC1(CN(CC)c2ccccc2)CCNCC1. The van der Waals surface area contributed by atoms with Gasteiger partial charge >= 0.3 is 0 Å². The van der Waals surface area contributed by atoms with Crippen LogP contribution in [0.2, 0.25) is 0 Å². The van der Waals surface area contributed by atoms with E-state index >= 15 is 0 Å². The Kier molecular flexibility index (Phi) is 5.26. The fraction of sp³-hybridized carbons (Fsp3) is 0.647. The van der Waals surface area contributed by atoms with Crippen LogP contribution in [0, 0.1) is 5.41 Å². The van der Waals surface area contributed by atoms with Crippen LogP contribution in [0.25, 0.3) is 0 Å². The minimum Gasteiger partial charge on any atom is -0.371 e. The van der Waals surface area contributed by atoms with Crippen molar-refractivity contribution in [3.63, 3.8) is 0 Å². The van der Waals surface area contributed by atoms with Crippen molar-refractivity contribution in [1.29, 1.82) is 0 Å². The third-order valence-corrected chi connectivity index (χ3v) is 4.47. The van der Waals surface area contributed by atoms with Crippen LogP contribution < -0.4 is 10.2 Å². The molecule has 0 aromatic heterocycles. The second kappa shape index (κ2) is 6.95. The Morgan fingerprint density at radius 1 is 1.11 bits per heavy atom. The van der Waals surface area contributed by atoms with Gasteiger partial charge in [-0.1, -0.05) is 31.5 Å². The Morgan fingerprint density at radius 3 is 2.37 bits per heavy atom. The van der Waals surface area contributed by atoms with Crippen LogP contribution in [-0.4, -0.2) is 26.2 Å². The molecule has 106 valence electrons. The molecule has 0 amide bonds. The number of nitrogens with zero attached hydrogens (tertiary/aromatic N) is 1. The number of anilines is 1. The maximum Gasteiger partial charge on any atom is 0.0366 e. The van der Waals surface area contributed by atoms with Gasteiger partial charge in [-0.3, -0.25) is 0 Å². The average molecular weight is 260 g/mol. The molecule has 0 atom stereocenters. The van der Waals surface area contributed by atoms with Gasteiger partial charge in [0, 0.05) is 18.8 Å². The minimum absolute atomic E-state index is 0.520. The summed E-state index contributed by atoms with van der Waals surface area (Å²) in [5, 5.41) is 3.51. The molecule has 19 heavy (non-hydrogen) atoms. The molecule has 0 saturated carbocycles. The predicted octanol–water partition coefficient (Wildman–Crippen LogP) is 3.68. The molecular formula is C17H28N2. The highest BCUT2D eigenvalue weighted by Gasteiger charge is 2.32. The average Bonchev–Trinajstić information content (AvgIpc) is 2.47. The van der Waals surface area contributed by atoms with Gasteiger partial charge in [-0.15, -0.1) is 0 Å². The van der Waals surface area contributed by atoms with Crippen LogP contribution in [0.3, 0.4) is 0 Å². The maximum atomic E-state index is 3.51. The fourth-order valence-corrected chi connectivity index (χ4v) is 3.40. The molecule has 2 nitrogen and oxygen atoms in total. The van der Waals surface area contributed by atoms with Gasteiger partial charge in [0.25, 0.3) is 0 Å². The van der Waals surface area contributed by atoms with Crippen LogP contribution in [0.1, 0.15) is 39.5 Å². The van der Waals surface area contributed by atoms with Crippen molar-refractivity contribution < 1.29 is 0 Å². The van der Waals surface area contributed by atoms with Crippen molar-refractivity contribution in [2.24, 2.45) is 5.41 Å². The molecule has 1 aliphatic rings. The standard InChI is InChI=1S/C17H28N2/c1-3-10-17(11-13-18-14-12-17)15-19(4-2)16-8-6-5-7-9-16/h5-9,18H,3-4,10-15H2,1-2H3. The van der Waals surface area contributed by atoms with E-state index in [9.17, 15) is 0 Å². The topological polar surface area (TPSA) is 15.3 Å². The Balaban J connectivity index is 2.10. The molecule has 0 bridgehead atoms. The summed E-state index contributed by atoms with van der Waals surface area (Å²) >= 11 is 0. The number of benzene rings is 1. The molecule has 1 aromatic carbocycles. The highest BCUT2D eigenvalue weighted by molar-refractivity contribution is 5.46. The highest BCUT2D eigenvalue weighted by Crippen LogP contribution is 2.36. The van der Waals surface area contributed by atoms with Gasteiger partial charge in [0.15, 0.2) is 0 Å². The normalized spacial score (nSPS) is 18.2. The Morgan fingerprint density at radius 2 is 1.79 bits per heavy atom. The second-order valence-corrected chi connectivity index (χ2v) is 5.85. The molecule has 0 radical (unpaired) electrons. The van der Waals surface area contributed by atoms with E-state index in [4.69, 9.17) is 0 Å². The summed E-state index contributed by atoms with van der Waals surface area (Å²) in [5.41, 5.74) is 1.89. The predicted molar refractivity (Wildman–Crippen MR) is 83.8 cm³/mol. The van der Waals surface area contributed by atoms with Crippen LogP contribution in [-0.2, 0) is 0 Å². The lowest BCUT2D eigenvalue weighted by Crippen LogP contribution is -2.45. The molecule has 0 spiro atoms. The minimum atomic E-state index is 0.520. The zero-order valence-electron chi connectivity index (χ0n) is 12.5. The fourth-order valence-electron chi connectivity index (χ4n) is 3.40. The molecule has 0 aliphatic carbocycles. The van der Waals surface area contributed by atoms with E-state index in [-0.39, 0.29) is 0 Å². The van der Waals surface area contributed by atoms with Crippen molar-refractivity contribution in [3.8, 4) is 0 Å². The summed E-state index contributed by atoms with van der Waals surface area (Å²) in [7, 11) is 0. The largest absolute Gasteiger partial charge is 0.371 e. The van der Waals surface area contributed by atoms with Gasteiger partial charge < -0.3 is 10.2 Å². The zero-order valence-corrected chi connectivity index (χ0v) is 12.5. The number of hydrogen-bond acceptors (Lipinski definition) is 2. The summed E-state index contributed by atoms with van der Waals surface area (Å²) in [4.78, 5) is 2.56. The summed E-state index contributed by atoms with van der Waals surface area (Å²) in [6, 6.07) is 10.9. The molecule has 1 N–H and O–H groups in total. The summed E-state index contributed by atoms with van der Waals surface area (Å²) in [6.45, 7) is 9.28. The number of nitrogens with one attached hydrogen (secondary N) is 1. The number of hydrogen-bond donors (Lipinski definition) is 1. The maximum absolute atomic E-state index is 3.51. The Hall–Kier alpha value is -1.02. The molecule has 1 heterocycles. The van der Waals surface area contributed by atoms with E-state index in [1.54, 1.807) is 0 Å². The van der Waals surface area contributed by atoms with E-state index in [0.29, 0.717) is 5.41 Å². The smallest absolute Gasteiger partial charge is 0.0366 e. The third-order valence-electron chi connectivity index (χ3n) is 4.47. The van der Waals surface area contributed by atoms with Crippen LogP contribution >= 0.6 is 0 Å². The zero-order chi connectivity index (χ0) is 13.6. The summed E-state index contributed by atoms with van der Waals surface area (Å²) < 4.78 is 0. The van der Waals surface area contributed by atoms with Crippen molar-refractivity contribution in [1.82, 2.24) is 5.32 Å². The quantitative estimate of drug-likeness (QED) is 0.839. The van der Waals surface area contributed by atoms with Gasteiger partial charge in [-0.05, 0) is 56.8 Å². The van der Waals surface area contributed by atoms with E-state index in [1.165, 1.54) is 51.0 Å². The summed E-state index contributed by atoms with van der Waals surface area (Å²) in [6.07, 6.45) is 5.30. The lowest BCUT2D eigenvalue weighted by Gasteiger charge is -2.42. The molecule has 1 saturated heterocycles. The van der Waals surface area contributed by atoms with E-state index in [1.807, 2.05) is 0 Å². The molecule has 0 unspecified atom stereocenters. The molecule has 2 heteroatoms. The van der Waals surface area contributed by atoms with Crippen molar-refractivity contribution >= 4 is 5.69 Å². The summed E-state index contributed by atoms with van der Waals surface area (Å²) in [5.74, 6) is 0. The third kappa shape index (κ3) is 3.73. The van der Waals surface area contributed by atoms with Crippen LogP contribution in [0.4, 0.5) is 5.69 Å². The van der Waals surface area contributed by atoms with Crippen LogP contribution in [0.5, 0.6) is 0 Å². The van der Waals surface area contributed by atoms with Gasteiger partial charge in [-0.25, -0.2) is 0 Å². The number of rotatable bonds is 6. The first-order valence-electron chi connectivity index (χ1n) is 7.80. The van der Waals surface area contributed by atoms with Gasteiger partial charge in [0.1, 0.15) is 0 Å². The molecule has 1 fully saturated rings. The first-order valence-corrected chi connectivity index (χ1v) is 7.80. The molecule has 1 aliphatic heterocycles. The first-order chi connectivity index (χ1) is 9.29. The monoisotopic (exact) mass is 260 g/mol. The second-order valence-electron chi connectivity index (χ2n) is 5.85. The van der Waals surface area contributed by atoms with Crippen molar-refractivity contribution in [2.45, 2.75) is 39.5 Å². The molecular weight excluding hydrogens is 232 g/mol.